The van der Waals surface area contributed by atoms with Crippen LogP contribution in [-0.4, -0.2) is 55.3 Å². The highest BCUT2D eigenvalue weighted by Gasteiger charge is 2.42. The summed E-state index contributed by atoms with van der Waals surface area (Å²) in [6, 6.07) is 8.14. The first-order valence-electron chi connectivity index (χ1n) is 11.3. The Morgan fingerprint density at radius 3 is 2.67 bits per heavy atom. The first-order chi connectivity index (χ1) is 17.2. The van der Waals surface area contributed by atoms with Crippen molar-refractivity contribution in [2.45, 2.75) is 24.6 Å². The number of alkyl halides is 3. The fourth-order valence-corrected chi connectivity index (χ4v) is 4.47. The molecule has 0 saturated carbocycles. The van der Waals surface area contributed by atoms with Crippen molar-refractivity contribution in [3.05, 3.63) is 82.1 Å². The number of aryl methyl sites for hydroxylation is 1. The normalized spacial score (nSPS) is 15.4. The molecule has 0 atom stereocenters. The molecule has 9 nitrogen and oxygen atoms in total. The number of pyridine rings is 1. The monoisotopic (exact) mass is 503 g/mol. The second-order valence-electron chi connectivity index (χ2n) is 8.93. The molecule has 4 heterocycles. The highest BCUT2D eigenvalue weighted by atomic mass is 19.4. The van der Waals surface area contributed by atoms with Gasteiger partial charge in [-0.2, -0.15) is 13.2 Å². The first-order valence-corrected chi connectivity index (χ1v) is 11.3. The molecule has 0 spiro atoms. The van der Waals surface area contributed by atoms with Crippen molar-refractivity contribution in [1.29, 1.82) is 0 Å². The third kappa shape index (κ3) is 4.31. The highest BCUT2D eigenvalue weighted by molar-refractivity contribution is 5.58. The van der Waals surface area contributed by atoms with Crippen LogP contribution in [0.4, 0.5) is 13.2 Å². The van der Waals surface area contributed by atoms with Gasteiger partial charge in [-0.15, -0.1) is 10.2 Å². The van der Waals surface area contributed by atoms with Gasteiger partial charge in [-0.3, -0.25) is 8.97 Å². The Kier molecular flexibility index (Phi) is 6.18. The molecule has 1 saturated heterocycles. The van der Waals surface area contributed by atoms with E-state index in [2.05, 4.69) is 10.2 Å². The molecule has 3 aromatic heterocycles. The van der Waals surface area contributed by atoms with E-state index < -0.39 is 17.4 Å². The maximum atomic E-state index is 13.9. The minimum Gasteiger partial charge on any atom is -0.394 e. The lowest BCUT2D eigenvalue weighted by Crippen LogP contribution is -2.49. The van der Waals surface area contributed by atoms with Crippen LogP contribution < -0.4 is 5.69 Å². The molecule has 1 aliphatic rings. The van der Waals surface area contributed by atoms with Gasteiger partial charge in [-0.1, -0.05) is 12.1 Å². The average molecular weight is 503 g/mol. The number of fused-ring (bicyclic) bond motifs is 1. The van der Waals surface area contributed by atoms with Crippen LogP contribution in [0.3, 0.4) is 0 Å². The summed E-state index contributed by atoms with van der Waals surface area (Å²) in [5, 5.41) is 17.0. The molecular weight excluding hydrogens is 479 g/mol. The molecule has 36 heavy (non-hydrogen) atoms. The highest BCUT2D eigenvalue weighted by Crippen LogP contribution is 2.37. The van der Waals surface area contributed by atoms with Crippen LogP contribution in [-0.2, 0) is 41.1 Å². The number of benzene rings is 1. The third-order valence-electron chi connectivity index (χ3n) is 6.43. The van der Waals surface area contributed by atoms with Crippen molar-refractivity contribution >= 4 is 5.52 Å². The number of halogens is 3. The topological polar surface area (TPSA) is 95.8 Å². The average Bonchev–Trinajstić information content (AvgIpc) is 3.38. The molecule has 1 aromatic carbocycles. The number of imidazole rings is 1. The summed E-state index contributed by atoms with van der Waals surface area (Å²) >= 11 is 0. The van der Waals surface area contributed by atoms with E-state index in [1.807, 2.05) is 17.7 Å². The lowest BCUT2D eigenvalue weighted by molar-refractivity contribution is -0.136. The van der Waals surface area contributed by atoms with Crippen LogP contribution in [0.1, 0.15) is 22.5 Å². The molecule has 1 fully saturated rings. The van der Waals surface area contributed by atoms with E-state index in [1.165, 1.54) is 17.0 Å². The molecule has 0 amide bonds. The lowest BCUT2D eigenvalue weighted by atomic mass is 9.75. The van der Waals surface area contributed by atoms with E-state index in [-0.39, 0.29) is 36.3 Å². The summed E-state index contributed by atoms with van der Waals surface area (Å²) in [7, 11) is 1.85. The van der Waals surface area contributed by atoms with Crippen molar-refractivity contribution < 1.29 is 27.8 Å². The van der Waals surface area contributed by atoms with Gasteiger partial charge < -0.3 is 19.1 Å². The van der Waals surface area contributed by atoms with Gasteiger partial charge in [0.1, 0.15) is 12.2 Å². The van der Waals surface area contributed by atoms with E-state index in [4.69, 9.17) is 14.6 Å². The predicted molar refractivity (Wildman–Crippen MR) is 122 cm³/mol. The van der Waals surface area contributed by atoms with E-state index in [9.17, 15) is 18.0 Å². The molecule has 190 valence electrons. The van der Waals surface area contributed by atoms with Gasteiger partial charge in [0.25, 0.3) is 0 Å². The number of nitrogens with zero attached hydrogens (tertiary/aromatic N) is 5. The fraction of sp³-hybridized carbons (Fsp3) is 0.375. The van der Waals surface area contributed by atoms with Gasteiger partial charge in [0.15, 0.2) is 0 Å². The van der Waals surface area contributed by atoms with Crippen molar-refractivity contribution in [2.75, 3.05) is 26.4 Å². The Bertz CT molecular complexity index is 1450. The molecule has 0 bridgehead atoms. The van der Waals surface area contributed by atoms with E-state index in [1.54, 1.807) is 24.5 Å². The summed E-state index contributed by atoms with van der Waals surface area (Å²) in [5.74, 6) is 0.779. The van der Waals surface area contributed by atoms with E-state index in [0.717, 1.165) is 21.9 Å². The van der Waals surface area contributed by atoms with Crippen molar-refractivity contribution in [2.24, 2.45) is 7.05 Å². The maximum absolute atomic E-state index is 13.9. The fourth-order valence-electron chi connectivity index (χ4n) is 4.47. The van der Waals surface area contributed by atoms with Crippen LogP contribution in [0.2, 0.25) is 0 Å². The molecule has 1 aliphatic heterocycles. The molecule has 0 unspecified atom stereocenters. The van der Waals surface area contributed by atoms with Crippen LogP contribution in [0.5, 0.6) is 0 Å². The van der Waals surface area contributed by atoms with Gasteiger partial charge in [-0.25, -0.2) is 4.79 Å². The van der Waals surface area contributed by atoms with E-state index >= 15 is 0 Å². The standard InChI is InChI=1S/C24H24F3N5O4/c1-30-15-28-29-21(30)9-23(13-36-14-23)17-3-2-4-18(8-17)31-11-20-19(24(25,26)27)7-16(12-35-6-5-33)10-32(20)22(31)34/h2-4,7-8,10-11,15,33H,5-6,9,12-14H2,1H3. The van der Waals surface area contributed by atoms with Crippen LogP contribution >= 0.6 is 0 Å². The van der Waals surface area contributed by atoms with Crippen molar-refractivity contribution in [3.8, 4) is 5.69 Å². The third-order valence-corrected chi connectivity index (χ3v) is 6.43. The Balaban J connectivity index is 1.57. The number of aliphatic hydroxyl groups excluding tert-OH is 1. The molecule has 4 aromatic rings. The van der Waals surface area contributed by atoms with E-state index in [0.29, 0.717) is 25.3 Å². The minimum atomic E-state index is -4.68. The van der Waals surface area contributed by atoms with Crippen LogP contribution in [0.15, 0.2) is 53.8 Å². The molecule has 5 rings (SSSR count). The second kappa shape index (κ2) is 9.19. The zero-order chi connectivity index (χ0) is 25.5. The van der Waals surface area contributed by atoms with Crippen LogP contribution in [0.25, 0.3) is 11.2 Å². The summed E-state index contributed by atoms with van der Waals surface area (Å²) < 4.78 is 56.4. The lowest BCUT2D eigenvalue weighted by Gasteiger charge is -2.41. The second-order valence-corrected chi connectivity index (χ2v) is 8.93. The smallest absolute Gasteiger partial charge is 0.394 e. The van der Waals surface area contributed by atoms with Gasteiger partial charge in [0, 0.05) is 31.3 Å². The Morgan fingerprint density at radius 2 is 2.03 bits per heavy atom. The Morgan fingerprint density at radius 1 is 1.22 bits per heavy atom. The molecular formula is C24H24F3N5O4. The van der Waals surface area contributed by atoms with Gasteiger partial charge >= 0.3 is 11.9 Å². The Labute approximate surface area is 203 Å². The SMILES string of the molecule is Cn1cnnc1CC1(c2cccc(-n3cc4c(C(F)(F)F)cc(COCCO)cn4c3=O)c2)COC1. The minimum absolute atomic E-state index is 0.0259. The molecule has 12 heteroatoms. The number of aromatic nitrogens is 5. The molecule has 0 radical (unpaired) electrons. The number of aliphatic hydroxyl groups is 1. The predicted octanol–water partition coefficient (Wildman–Crippen LogP) is 2.26. The number of hydrogen-bond donors (Lipinski definition) is 1. The summed E-state index contributed by atoms with van der Waals surface area (Å²) in [5.41, 5.74) is -0.707. The Hall–Kier alpha value is -3.48. The summed E-state index contributed by atoms with van der Waals surface area (Å²) in [6.07, 6.45) is 0.0407. The quantitative estimate of drug-likeness (QED) is 0.371. The van der Waals surface area contributed by atoms with Crippen molar-refractivity contribution in [3.63, 3.8) is 0 Å². The van der Waals surface area contributed by atoms with Gasteiger partial charge in [-0.05, 0) is 29.3 Å². The zero-order valence-electron chi connectivity index (χ0n) is 19.4. The van der Waals surface area contributed by atoms with Crippen molar-refractivity contribution in [1.82, 2.24) is 23.7 Å². The van der Waals surface area contributed by atoms with Gasteiger partial charge in [0.05, 0.1) is 49.8 Å². The summed E-state index contributed by atoms with van der Waals surface area (Å²) in [6.45, 7) is 0.445. The number of ether oxygens (including phenoxy) is 2. The number of rotatable bonds is 8. The molecule has 1 N–H and O–H groups in total. The zero-order valence-corrected chi connectivity index (χ0v) is 19.4. The molecule has 0 aliphatic carbocycles. The number of hydrogen-bond acceptors (Lipinski definition) is 6. The summed E-state index contributed by atoms with van der Waals surface area (Å²) in [4.78, 5) is 13.3. The largest absolute Gasteiger partial charge is 0.418 e. The van der Waals surface area contributed by atoms with Gasteiger partial charge in [0.2, 0.25) is 0 Å². The van der Waals surface area contributed by atoms with Crippen LogP contribution in [0, 0.1) is 0 Å². The maximum Gasteiger partial charge on any atom is 0.418 e. The first kappa shape index (κ1) is 24.2.